The molecule has 3 rings (SSSR count). The summed E-state index contributed by atoms with van der Waals surface area (Å²) in [5, 5.41) is 3.22. The van der Waals surface area contributed by atoms with Crippen molar-refractivity contribution >= 4 is 5.82 Å². The molecule has 2 heterocycles. The SMILES string of the molecule is c1ccc(Oc2cc(NCc3cccnc3)ncn2)cc1. The van der Waals surface area contributed by atoms with Crippen molar-refractivity contribution in [2.24, 2.45) is 0 Å². The zero-order valence-electron chi connectivity index (χ0n) is 11.3. The maximum Gasteiger partial charge on any atom is 0.224 e. The van der Waals surface area contributed by atoms with E-state index in [2.05, 4.69) is 20.3 Å². The predicted molar refractivity (Wildman–Crippen MR) is 80.1 cm³/mol. The van der Waals surface area contributed by atoms with Crippen molar-refractivity contribution < 1.29 is 4.74 Å². The van der Waals surface area contributed by atoms with E-state index in [1.54, 1.807) is 12.3 Å². The summed E-state index contributed by atoms with van der Waals surface area (Å²) >= 11 is 0. The molecule has 0 aliphatic heterocycles. The summed E-state index contributed by atoms with van der Waals surface area (Å²) in [6.07, 6.45) is 5.04. The Kier molecular flexibility index (Phi) is 4.02. The van der Waals surface area contributed by atoms with Crippen LogP contribution < -0.4 is 10.1 Å². The monoisotopic (exact) mass is 278 g/mol. The maximum absolute atomic E-state index is 5.67. The van der Waals surface area contributed by atoms with Gasteiger partial charge in [0.15, 0.2) is 0 Å². The van der Waals surface area contributed by atoms with E-state index in [1.807, 2.05) is 48.7 Å². The number of nitrogens with one attached hydrogen (secondary N) is 1. The highest BCUT2D eigenvalue weighted by atomic mass is 16.5. The van der Waals surface area contributed by atoms with Gasteiger partial charge in [0.25, 0.3) is 0 Å². The van der Waals surface area contributed by atoms with E-state index < -0.39 is 0 Å². The van der Waals surface area contributed by atoms with Crippen molar-refractivity contribution in [1.29, 1.82) is 0 Å². The largest absolute Gasteiger partial charge is 0.439 e. The zero-order chi connectivity index (χ0) is 14.3. The lowest BCUT2D eigenvalue weighted by atomic mass is 10.3. The molecular weight excluding hydrogens is 264 g/mol. The van der Waals surface area contributed by atoms with Crippen LogP contribution in [0.25, 0.3) is 0 Å². The number of ether oxygens (including phenoxy) is 1. The fourth-order valence-electron chi connectivity index (χ4n) is 1.80. The molecule has 0 unspecified atom stereocenters. The lowest BCUT2D eigenvalue weighted by Gasteiger charge is -2.07. The molecule has 104 valence electrons. The molecule has 0 atom stereocenters. The second-order valence-corrected chi connectivity index (χ2v) is 4.37. The van der Waals surface area contributed by atoms with Crippen LogP contribution in [0, 0.1) is 0 Å². The van der Waals surface area contributed by atoms with Crippen LogP contribution in [-0.4, -0.2) is 15.0 Å². The van der Waals surface area contributed by atoms with Crippen molar-refractivity contribution in [2.75, 3.05) is 5.32 Å². The first kappa shape index (κ1) is 13.1. The van der Waals surface area contributed by atoms with Crippen LogP contribution in [0.2, 0.25) is 0 Å². The first-order valence-corrected chi connectivity index (χ1v) is 6.58. The third-order valence-electron chi connectivity index (χ3n) is 2.80. The number of anilines is 1. The van der Waals surface area contributed by atoms with Gasteiger partial charge in [-0.3, -0.25) is 4.98 Å². The standard InChI is InChI=1S/C16H14N4O/c1-2-6-14(7-3-1)21-16-9-15(19-12-20-16)18-11-13-5-4-8-17-10-13/h1-10,12H,11H2,(H,18,19,20). The topological polar surface area (TPSA) is 59.9 Å². The summed E-state index contributed by atoms with van der Waals surface area (Å²) in [6.45, 7) is 0.648. The average Bonchev–Trinajstić information content (AvgIpc) is 2.55. The Balaban J connectivity index is 1.66. The quantitative estimate of drug-likeness (QED) is 0.776. The molecule has 21 heavy (non-hydrogen) atoms. The summed E-state index contributed by atoms with van der Waals surface area (Å²) in [5.41, 5.74) is 1.08. The molecular formula is C16H14N4O. The molecule has 0 spiro atoms. The lowest BCUT2D eigenvalue weighted by molar-refractivity contribution is 0.462. The van der Waals surface area contributed by atoms with E-state index in [9.17, 15) is 0 Å². The highest BCUT2D eigenvalue weighted by Gasteiger charge is 2.01. The summed E-state index contributed by atoms with van der Waals surface area (Å²) in [7, 11) is 0. The van der Waals surface area contributed by atoms with Gasteiger partial charge < -0.3 is 10.1 Å². The summed E-state index contributed by atoms with van der Waals surface area (Å²) in [6, 6.07) is 15.2. The van der Waals surface area contributed by atoms with Crippen LogP contribution in [0.5, 0.6) is 11.6 Å². The van der Waals surface area contributed by atoms with Gasteiger partial charge in [0, 0.05) is 25.0 Å². The average molecular weight is 278 g/mol. The molecule has 0 radical (unpaired) electrons. The van der Waals surface area contributed by atoms with Crippen LogP contribution in [-0.2, 0) is 6.54 Å². The third kappa shape index (κ3) is 3.76. The van der Waals surface area contributed by atoms with Gasteiger partial charge >= 0.3 is 0 Å². The van der Waals surface area contributed by atoms with Gasteiger partial charge in [-0.05, 0) is 23.8 Å². The molecule has 0 saturated heterocycles. The highest BCUT2D eigenvalue weighted by molar-refractivity contribution is 5.39. The number of nitrogens with zero attached hydrogens (tertiary/aromatic N) is 3. The molecule has 1 aromatic carbocycles. The van der Waals surface area contributed by atoms with Crippen LogP contribution in [0.3, 0.4) is 0 Å². The molecule has 0 aliphatic rings. The van der Waals surface area contributed by atoms with E-state index in [1.165, 1.54) is 6.33 Å². The number of benzene rings is 1. The Hall–Kier alpha value is -2.95. The molecule has 0 aliphatic carbocycles. The number of hydrogen-bond acceptors (Lipinski definition) is 5. The fraction of sp³-hybridized carbons (Fsp3) is 0.0625. The Morgan fingerprint density at radius 1 is 1.00 bits per heavy atom. The minimum Gasteiger partial charge on any atom is -0.439 e. The Bertz CT molecular complexity index is 689. The molecule has 5 heteroatoms. The number of aromatic nitrogens is 3. The number of rotatable bonds is 5. The van der Waals surface area contributed by atoms with E-state index in [4.69, 9.17) is 4.74 Å². The normalized spacial score (nSPS) is 10.1. The van der Waals surface area contributed by atoms with Crippen molar-refractivity contribution in [3.05, 3.63) is 72.8 Å². The van der Waals surface area contributed by atoms with E-state index >= 15 is 0 Å². The maximum atomic E-state index is 5.67. The smallest absolute Gasteiger partial charge is 0.224 e. The van der Waals surface area contributed by atoms with E-state index in [-0.39, 0.29) is 0 Å². The Morgan fingerprint density at radius 2 is 1.90 bits per heavy atom. The summed E-state index contributed by atoms with van der Waals surface area (Å²) in [5.74, 6) is 1.96. The van der Waals surface area contributed by atoms with Crippen LogP contribution >= 0.6 is 0 Å². The van der Waals surface area contributed by atoms with Gasteiger partial charge in [-0.25, -0.2) is 9.97 Å². The molecule has 2 aromatic heterocycles. The van der Waals surface area contributed by atoms with Gasteiger partial charge in [0.1, 0.15) is 17.9 Å². The molecule has 0 amide bonds. The van der Waals surface area contributed by atoms with Crippen molar-refractivity contribution in [3.8, 4) is 11.6 Å². The lowest BCUT2D eigenvalue weighted by Crippen LogP contribution is -2.02. The van der Waals surface area contributed by atoms with Crippen LogP contribution in [0.4, 0.5) is 5.82 Å². The number of para-hydroxylation sites is 1. The van der Waals surface area contributed by atoms with Gasteiger partial charge in [-0.15, -0.1) is 0 Å². The van der Waals surface area contributed by atoms with Crippen LogP contribution in [0.15, 0.2) is 67.3 Å². The zero-order valence-corrected chi connectivity index (χ0v) is 11.3. The summed E-state index contributed by atoms with van der Waals surface area (Å²) in [4.78, 5) is 12.4. The second kappa shape index (κ2) is 6.47. The van der Waals surface area contributed by atoms with E-state index in [0.29, 0.717) is 18.2 Å². The molecule has 0 saturated carbocycles. The van der Waals surface area contributed by atoms with Crippen LogP contribution in [0.1, 0.15) is 5.56 Å². The van der Waals surface area contributed by atoms with Gasteiger partial charge in [0.2, 0.25) is 5.88 Å². The molecule has 3 aromatic rings. The molecule has 5 nitrogen and oxygen atoms in total. The highest BCUT2D eigenvalue weighted by Crippen LogP contribution is 2.20. The molecule has 1 N–H and O–H groups in total. The van der Waals surface area contributed by atoms with Gasteiger partial charge in [-0.1, -0.05) is 24.3 Å². The Morgan fingerprint density at radius 3 is 2.71 bits per heavy atom. The van der Waals surface area contributed by atoms with Crippen molar-refractivity contribution in [2.45, 2.75) is 6.54 Å². The van der Waals surface area contributed by atoms with E-state index in [0.717, 1.165) is 11.3 Å². The summed E-state index contributed by atoms with van der Waals surface area (Å²) < 4.78 is 5.67. The first-order chi connectivity index (χ1) is 10.4. The fourth-order valence-corrected chi connectivity index (χ4v) is 1.80. The Labute approximate surface area is 122 Å². The third-order valence-corrected chi connectivity index (χ3v) is 2.80. The molecule has 0 fully saturated rings. The van der Waals surface area contributed by atoms with Gasteiger partial charge in [0.05, 0.1) is 0 Å². The van der Waals surface area contributed by atoms with Gasteiger partial charge in [-0.2, -0.15) is 0 Å². The second-order valence-electron chi connectivity index (χ2n) is 4.37. The minimum atomic E-state index is 0.505. The number of hydrogen-bond donors (Lipinski definition) is 1. The molecule has 0 bridgehead atoms. The first-order valence-electron chi connectivity index (χ1n) is 6.58. The van der Waals surface area contributed by atoms with Crippen molar-refractivity contribution in [1.82, 2.24) is 15.0 Å². The predicted octanol–water partition coefficient (Wildman–Crippen LogP) is 3.28. The minimum absolute atomic E-state index is 0.505. The number of pyridine rings is 1. The van der Waals surface area contributed by atoms with Crippen molar-refractivity contribution in [3.63, 3.8) is 0 Å².